The summed E-state index contributed by atoms with van der Waals surface area (Å²) in [6.45, 7) is 5.58. The highest BCUT2D eigenvalue weighted by Gasteiger charge is 2.36. The Balaban J connectivity index is 1.69. The second-order valence-corrected chi connectivity index (χ2v) is 12.0. The smallest absolute Gasteiger partial charge is 0.340 e. The van der Waals surface area contributed by atoms with Crippen LogP contribution in [0.5, 0.6) is 0 Å². The highest BCUT2D eigenvalue weighted by molar-refractivity contribution is 7.89. The second-order valence-electron chi connectivity index (χ2n) is 9.19. The van der Waals surface area contributed by atoms with Gasteiger partial charge in [-0.15, -0.1) is 0 Å². The number of hydrogen-bond acceptors (Lipinski definition) is 6. The number of hydrogen-bond donors (Lipinski definition) is 0. The van der Waals surface area contributed by atoms with Crippen molar-refractivity contribution in [3.63, 3.8) is 0 Å². The molecule has 210 valence electrons. The lowest BCUT2D eigenvalue weighted by atomic mass is 10.1. The number of sulfonamides is 1. The summed E-state index contributed by atoms with van der Waals surface area (Å²) in [6, 6.07) is 14.7. The van der Waals surface area contributed by atoms with Gasteiger partial charge in [0, 0.05) is 28.8 Å². The van der Waals surface area contributed by atoms with Crippen LogP contribution in [-0.2, 0) is 37.4 Å². The Bertz CT molecular complexity index is 1620. The summed E-state index contributed by atoms with van der Waals surface area (Å²) < 4.78 is 39.5. The van der Waals surface area contributed by atoms with Crippen molar-refractivity contribution in [1.29, 1.82) is 0 Å². The van der Waals surface area contributed by atoms with Gasteiger partial charge in [0.25, 0.3) is 5.91 Å². The predicted molar refractivity (Wildman–Crippen MR) is 153 cm³/mol. The van der Waals surface area contributed by atoms with E-state index in [1.165, 1.54) is 22.4 Å². The molecule has 3 aromatic rings. The summed E-state index contributed by atoms with van der Waals surface area (Å²) in [5, 5.41) is 0.767. The van der Waals surface area contributed by atoms with Crippen LogP contribution in [0.1, 0.15) is 36.5 Å². The van der Waals surface area contributed by atoms with Gasteiger partial charge in [-0.1, -0.05) is 47.0 Å². The quantitative estimate of drug-likeness (QED) is 0.221. The Morgan fingerprint density at radius 1 is 1.05 bits per heavy atom. The Labute approximate surface area is 243 Å². The Morgan fingerprint density at radius 2 is 1.75 bits per heavy atom. The minimum Gasteiger partial charge on any atom is -0.465 e. The van der Waals surface area contributed by atoms with Crippen molar-refractivity contribution in [3.05, 3.63) is 104 Å². The lowest BCUT2D eigenvalue weighted by molar-refractivity contribution is -0.136. The highest BCUT2D eigenvalue weighted by atomic mass is 35.5. The van der Waals surface area contributed by atoms with Crippen molar-refractivity contribution in [2.75, 3.05) is 13.7 Å². The second kappa shape index (κ2) is 12.0. The zero-order chi connectivity index (χ0) is 29.2. The molecule has 0 atom stereocenters. The number of halogens is 2. The standard InChI is InChI=1S/C29H28Cl2N2O6S/c1-5-33-19(3)27(29(35)38-4)25(28(33)34)15-22-10-11-23(39-22)17-32(16-20-8-9-21(30)14-26(20)31)40(36,37)24-12-6-18(2)7-13-24/h6-15H,5,16-17H2,1-4H3/b25-15+. The Hall–Kier alpha value is -3.37. The normalized spacial score (nSPS) is 15.0. The molecule has 1 amide bonds. The molecular weight excluding hydrogens is 575 g/mol. The number of furan rings is 1. The molecule has 2 heterocycles. The first-order chi connectivity index (χ1) is 19.0. The maximum atomic E-state index is 13.7. The number of methoxy groups -OCH3 is 1. The summed E-state index contributed by atoms with van der Waals surface area (Å²) in [7, 11) is -2.72. The first-order valence-electron chi connectivity index (χ1n) is 12.4. The number of amides is 1. The van der Waals surface area contributed by atoms with E-state index >= 15 is 0 Å². The third kappa shape index (κ3) is 6.02. The Morgan fingerprint density at radius 3 is 2.38 bits per heavy atom. The van der Waals surface area contributed by atoms with E-state index < -0.39 is 16.0 Å². The van der Waals surface area contributed by atoms with Gasteiger partial charge < -0.3 is 14.1 Å². The molecule has 4 rings (SSSR count). The molecule has 2 aromatic carbocycles. The van der Waals surface area contributed by atoms with Crippen molar-refractivity contribution < 1.29 is 27.2 Å². The molecule has 0 fully saturated rings. The number of rotatable bonds is 9. The van der Waals surface area contributed by atoms with Gasteiger partial charge in [0.1, 0.15) is 11.5 Å². The molecule has 0 unspecified atom stereocenters. The number of carbonyl (C=O) groups is 2. The fourth-order valence-corrected chi connectivity index (χ4v) is 6.26. The van der Waals surface area contributed by atoms with E-state index in [0.717, 1.165) is 5.56 Å². The number of ether oxygens (including phenoxy) is 1. The summed E-state index contributed by atoms with van der Waals surface area (Å²) in [6.07, 6.45) is 1.46. The minimum absolute atomic E-state index is 0.0400. The van der Waals surface area contributed by atoms with Crippen LogP contribution in [0, 0.1) is 6.92 Å². The van der Waals surface area contributed by atoms with Crippen molar-refractivity contribution in [2.45, 2.75) is 38.8 Å². The molecule has 0 N–H and O–H groups in total. The van der Waals surface area contributed by atoms with Crippen molar-refractivity contribution in [2.24, 2.45) is 0 Å². The van der Waals surface area contributed by atoms with Crippen LogP contribution in [0.2, 0.25) is 10.0 Å². The maximum absolute atomic E-state index is 13.7. The number of esters is 1. The molecule has 0 bridgehead atoms. The van der Waals surface area contributed by atoms with Crippen LogP contribution < -0.4 is 0 Å². The summed E-state index contributed by atoms with van der Waals surface area (Å²) in [4.78, 5) is 27.0. The van der Waals surface area contributed by atoms with Crippen LogP contribution in [0.25, 0.3) is 6.08 Å². The third-order valence-corrected chi connectivity index (χ3v) is 8.93. The van der Waals surface area contributed by atoms with Crippen LogP contribution in [0.15, 0.2) is 80.8 Å². The van der Waals surface area contributed by atoms with Gasteiger partial charge in [0.2, 0.25) is 10.0 Å². The van der Waals surface area contributed by atoms with Crippen molar-refractivity contribution >= 4 is 51.2 Å². The van der Waals surface area contributed by atoms with Gasteiger partial charge in [-0.2, -0.15) is 4.31 Å². The van der Waals surface area contributed by atoms with E-state index in [1.54, 1.807) is 68.4 Å². The van der Waals surface area contributed by atoms with E-state index in [0.29, 0.717) is 33.6 Å². The number of likely N-dealkylation sites (N-methyl/N-ethyl adjacent to an activating group) is 1. The summed E-state index contributed by atoms with van der Waals surface area (Å²) in [5.74, 6) is -0.372. The minimum atomic E-state index is -3.97. The fraction of sp³-hybridized carbons (Fsp3) is 0.241. The highest BCUT2D eigenvalue weighted by Crippen LogP contribution is 2.32. The van der Waals surface area contributed by atoms with Crippen molar-refractivity contribution in [1.82, 2.24) is 9.21 Å². The topological polar surface area (TPSA) is 97.1 Å². The number of allylic oxidation sites excluding steroid dienone is 1. The maximum Gasteiger partial charge on any atom is 0.340 e. The van der Waals surface area contributed by atoms with E-state index in [1.807, 2.05) is 6.92 Å². The monoisotopic (exact) mass is 602 g/mol. The summed E-state index contributed by atoms with van der Waals surface area (Å²) >= 11 is 12.4. The van der Waals surface area contributed by atoms with E-state index in [2.05, 4.69) is 0 Å². The molecule has 1 aliphatic rings. The molecule has 40 heavy (non-hydrogen) atoms. The third-order valence-electron chi connectivity index (χ3n) is 6.54. The lowest BCUT2D eigenvalue weighted by Crippen LogP contribution is -2.30. The largest absolute Gasteiger partial charge is 0.465 e. The number of nitrogens with zero attached hydrogens (tertiary/aromatic N) is 2. The van der Waals surface area contributed by atoms with Gasteiger partial charge in [-0.25, -0.2) is 13.2 Å². The first kappa shape index (κ1) is 29.6. The lowest BCUT2D eigenvalue weighted by Gasteiger charge is -2.22. The SMILES string of the molecule is CCN1C(=O)/C(=C/c2ccc(CN(Cc3ccc(Cl)cc3Cl)S(=O)(=O)c3ccc(C)cc3)o2)C(C(=O)OC)=C1C. The van der Waals surface area contributed by atoms with Crippen LogP contribution in [0.4, 0.5) is 0 Å². The molecule has 0 radical (unpaired) electrons. The van der Waals surface area contributed by atoms with Crippen molar-refractivity contribution in [3.8, 4) is 0 Å². The van der Waals surface area contributed by atoms with Crippen LogP contribution >= 0.6 is 23.2 Å². The predicted octanol–water partition coefficient (Wildman–Crippen LogP) is 5.98. The molecule has 1 aliphatic heterocycles. The zero-order valence-corrected chi connectivity index (χ0v) is 24.7. The van der Waals surface area contributed by atoms with Gasteiger partial charge in [0.05, 0.1) is 29.7 Å². The number of carbonyl (C=O) groups excluding carboxylic acids is 2. The first-order valence-corrected chi connectivity index (χ1v) is 14.6. The summed E-state index contributed by atoms with van der Waals surface area (Å²) in [5.41, 5.74) is 2.29. The molecule has 0 aliphatic carbocycles. The molecule has 0 saturated carbocycles. The Kier molecular flexibility index (Phi) is 8.90. The van der Waals surface area contributed by atoms with E-state index in [-0.39, 0.29) is 40.8 Å². The van der Waals surface area contributed by atoms with Gasteiger partial charge in [-0.3, -0.25) is 4.79 Å². The van der Waals surface area contributed by atoms with Crippen LogP contribution in [-0.4, -0.2) is 43.2 Å². The average molecular weight is 604 g/mol. The molecule has 0 spiro atoms. The molecule has 8 nitrogen and oxygen atoms in total. The van der Waals surface area contributed by atoms with E-state index in [4.69, 9.17) is 32.4 Å². The van der Waals surface area contributed by atoms with Crippen LogP contribution in [0.3, 0.4) is 0 Å². The fourth-order valence-electron chi connectivity index (χ4n) is 4.41. The van der Waals surface area contributed by atoms with Gasteiger partial charge >= 0.3 is 5.97 Å². The van der Waals surface area contributed by atoms with Gasteiger partial charge in [0.15, 0.2) is 0 Å². The molecule has 11 heteroatoms. The molecule has 0 saturated heterocycles. The number of aryl methyl sites for hydroxylation is 1. The number of benzene rings is 2. The van der Waals surface area contributed by atoms with Gasteiger partial charge in [-0.05, 0) is 68.8 Å². The average Bonchev–Trinajstić information content (AvgIpc) is 3.45. The molecule has 1 aromatic heterocycles. The zero-order valence-electron chi connectivity index (χ0n) is 22.4. The van der Waals surface area contributed by atoms with E-state index in [9.17, 15) is 18.0 Å². The molecular formula is C29H28Cl2N2O6S.